The predicted octanol–water partition coefficient (Wildman–Crippen LogP) is 1.96. The summed E-state index contributed by atoms with van der Waals surface area (Å²) in [6.45, 7) is 7.19. The van der Waals surface area contributed by atoms with Gasteiger partial charge < -0.3 is 10.1 Å². The van der Waals surface area contributed by atoms with Gasteiger partial charge in [0.2, 0.25) is 0 Å². The number of rotatable bonds is 5. The first kappa shape index (κ1) is 12.5. The highest BCUT2D eigenvalue weighted by Crippen LogP contribution is 2.33. The molecule has 1 fully saturated rings. The first-order valence-corrected chi connectivity index (χ1v) is 6.08. The molecule has 0 spiro atoms. The predicted molar refractivity (Wildman–Crippen MR) is 60.6 cm³/mol. The fraction of sp³-hybridized carbons (Fsp3) is 0.917. The molecule has 0 radical (unpaired) electrons. The highest BCUT2D eigenvalue weighted by atomic mass is 16.5. The lowest BCUT2D eigenvalue weighted by molar-refractivity contribution is -0.142. The van der Waals surface area contributed by atoms with E-state index < -0.39 is 0 Å². The van der Waals surface area contributed by atoms with Gasteiger partial charge in [0, 0.05) is 6.04 Å². The Hall–Kier alpha value is -0.570. The van der Waals surface area contributed by atoms with Gasteiger partial charge in [-0.3, -0.25) is 4.79 Å². The van der Waals surface area contributed by atoms with E-state index in [1.54, 1.807) is 0 Å². The lowest BCUT2D eigenvalue weighted by Gasteiger charge is -2.20. The van der Waals surface area contributed by atoms with Crippen LogP contribution < -0.4 is 5.32 Å². The van der Waals surface area contributed by atoms with E-state index in [0.717, 1.165) is 5.92 Å². The van der Waals surface area contributed by atoms with Gasteiger partial charge in [0.05, 0.1) is 13.2 Å². The second-order valence-corrected chi connectivity index (χ2v) is 4.40. The van der Waals surface area contributed by atoms with Crippen molar-refractivity contribution >= 4 is 5.97 Å². The average molecular weight is 213 g/mol. The van der Waals surface area contributed by atoms with Crippen molar-refractivity contribution in [1.29, 1.82) is 0 Å². The molecule has 3 unspecified atom stereocenters. The fourth-order valence-electron chi connectivity index (χ4n) is 2.54. The van der Waals surface area contributed by atoms with Crippen LogP contribution in [0, 0.1) is 11.8 Å². The van der Waals surface area contributed by atoms with Gasteiger partial charge in [-0.25, -0.2) is 0 Å². The number of carbonyl (C=O) groups is 1. The molecule has 3 nitrogen and oxygen atoms in total. The summed E-state index contributed by atoms with van der Waals surface area (Å²) < 4.78 is 4.89. The molecule has 0 aromatic rings. The molecule has 88 valence electrons. The van der Waals surface area contributed by atoms with Crippen molar-refractivity contribution in [3.63, 3.8) is 0 Å². The van der Waals surface area contributed by atoms with Crippen molar-refractivity contribution in [2.45, 2.75) is 46.1 Å². The summed E-state index contributed by atoms with van der Waals surface area (Å²) >= 11 is 0. The normalized spacial score (nSPS) is 30.5. The van der Waals surface area contributed by atoms with Crippen molar-refractivity contribution in [3.05, 3.63) is 0 Å². The molecule has 1 saturated carbocycles. The van der Waals surface area contributed by atoms with E-state index in [0.29, 0.717) is 25.1 Å². The highest BCUT2D eigenvalue weighted by Gasteiger charge is 2.31. The van der Waals surface area contributed by atoms with Crippen LogP contribution in [0.15, 0.2) is 0 Å². The van der Waals surface area contributed by atoms with Crippen LogP contribution in [0.4, 0.5) is 0 Å². The Balaban J connectivity index is 2.25. The summed E-state index contributed by atoms with van der Waals surface area (Å²) in [5.41, 5.74) is 0. The van der Waals surface area contributed by atoms with Crippen LogP contribution in [-0.4, -0.2) is 25.2 Å². The first-order valence-electron chi connectivity index (χ1n) is 6.08. The number of nitrogens with one attached hydrogen (secondary N) is 1. The highest BCUT2D eigenvalue weighted by molar-refractivity contribution is 5.71. The minimum atomic E-state index is -0.135. The second kappa shape index (κ2) is 6.11. The lowest BCUT2D eigenvalue weighted by Crippen LogP contribution is -2.37. The molecule has 0 aromatic heterocycles. The Labute approximate surface area is 92.6 Å². The van der Waals surface area contributed by atoms with Gasteiger partial charge in [0.25, 0.3) is 0 Å². The number of hydrogen-bond donors (Lipinski definition) is 1. The number of carbonyl (C=O) groups excluding carboxylic acids is 1. The summed E-state index contributed by atoms with van der Waals surface area (Å²) in [5, 5.41) is 3.31. The molecular weight excluding hydrogens is 190 g/mol. The quantitative estimate of drug-likeness (QED) is 0.709. The maximum atomic E-state index is 11.2. The largest absolute Gasteiger partial charge is 0.465 e. The monoisotopic (exact) mass is 213 g/mol. The van der Waals surface area contributed by atoms with Crippen LogP contribution in [0.25, 0.3) is 0 Å². The molecule has 0 saturated heterocycles. The third-order valence-electron chi connectivity index (χ3n) is 3.56. The topological polar surface area (TPSA) is 38.3 Å². The first-order chi connectivity index (χ1) is 7.19. The Morgan fingerprint density at radius 3 is 2.67 bits per heavy atom. The molecule has 1 aliphatic carbocycles. The standard InChI is InChI=1S/C12H23NO2/c1-4-10-6-7-11(9(10)3)13-8-12(14)15-5-2/h9-11,13H,4-8H2,1-3H3. The van der Waals surface area contributed by atoms with Crippen molar-refractivity contribution < 1.29 is 9.53 Å². The van der Waals surface area contributed by atoms with Crippen LogP contribution in [0.2, 0.25) is 0 Å². The van der Waals surface area contributed by atoms with E-state index in [9.17, 15) is 4.79 Å². The van der Waals surface area contributed by atoms with Crippen LogP contribution in [0.5, 0.6) is 0 Å². The van der Waals surface area contributed by atoms with E-state index in [4.69, 9.17) is 4.74 Å². The molecular formula is C12H23NO2. The average Bonchev–Trinajstić information content (AvgIpc) is 2.57. The van der Waals surface area contributed by atoms with Gasteiger partial charge in [0.1, 0.15) is 0 Å². The van der Waals surface area contributed by atoms with Crippen LogP contribution in [0.3, 0.4) is 0 Å². The second-order valence-electron chi connectivity index (χ2n) is 4.40. The van der Waals surface area contributed by atoms with Crippen molar-refractivity contribution in [1.82, 2.24) is 5.32 Å². The minimum absolute atomic E-state index is 0.135. The molecule has 1 N–H and O–H groups in total. The molecule has 0 aliphatic heterocycles. The molecule has 3 heteroatoms. The van der Waals surface area contributed by atoms with E-state index in [2.05, 4.69) is 19.2 Å². The Morgan fingerprint density at radius 1 is 1.40 bits per heavy atom. The summed E-state index contributed by atoms with van der Waals surface area (Å²) in [4.78, 5) is 11.2. The van der Waals surface area contributed by atoms with Gasteiger partial charge in [-0.05, 0) is 31.6 Å². The third kappa shape index (κ3) is 3.49. The summed E-state index contributed by atoms with van der Waals surface area (Å²) in [5.74, 6) is 1.37. The van der Waals surface area contributed by atoms with Crippen molar-refractivity contribution in [2.75, 3.05) is 13.2 Å². The molecule has 0 amide bonds. The molecule has 0 heterocycles. The van der Waals surface area contributed by atoms with E-state index in [1.165, 1.54) is 19.3 Å². The van der Waals surface area contributed by atoms with Crippen LogP contribution in [0.1, 0.15) is 40.0 Å². The Morgan fingerprint density at radius 2 is 2.13 bits per heavy atom. The summed E-state index contributed by atoms with van der Waals surface area (Å²) in [6, 6.07) is 0.499. The Bertz CT molecular complexity index is 206. The van der Waals surface area contributed by atoms with E-state index >= 15 is 0 Å². The Kier molecular flexibility index (Phi) is 5.09. The van der Waals surface area contributed by atoms with Gasteiger partial charge >= 0.3 is 5.97 Å². The smallest absolute Gasteiger partial charge is 0.319 e. The zero-order valence-corrected chi connectivity index (χ0v) is 10.1. The SMILES string of the molecule is CCOC(=O)CNC1CCC(CC)C1C. The maximum Gasteiger partial charge on any atom is 0.319 e. The number of ether oxygens (including phenoxy) is 1. The number of esters is 1. The molecule has 1 rings (SSSR count). The third-order valence-corrected chi connectivity index (χ3v) is 3.56. The molecule has 15 heavy (non-hydrogen) atoms. The van der Waals surface area contributed by atoms with Crippen LogP contribution >= 0.6 is 0 Å². The summed E-state index contributed by atoms with van der Waals surface area (Å²) in [7, 11) is 0. The molecule has 0 bridgehead atoms. The summed E-state index contributed by atoms with van der Waals surface area (Å²) in [6.07, 6.45) is 3.73. The van der Waals surface area contributed by atoms with Gasteiger partial charge in [-0.15, -0.1) is 0 Å². The molecule has 1 aliphatic rings. The maximum absolute atomic E-state index is 11.2. The lowest BCUT2D eigenvalue weighted by atomic mass is 9.93. The van der Waals surface area contributed by atoms with Gasteiger partial charge in [0.15, 0.2) is 0 Å². The zero-order valence-electron chi connectivity index (χ0n) is 10.1. The van der Waals surface area contributed by atoms with Crippen molar-refractivity contribution in [2.24, 2.45) is 11.8 Å². The minimum Gasteiger partial charge on any atom is -0.465 e. The van der Waals surface area contributed by atoms with Gasteiger partial charge in [-0.1, -0.05) is 20.3 Å². The number of hydrogen-bond acceptors (Lipinski definition) is 3. The fourth-order valence-corrected chi connectivity index (χ4v) is 2.54. The van der Waals surface area contributed by atoms with E-state index in [-0.39, 0.29) is 5.97 Å². The van der Waals surface area contributed by atoms with Crippen LogP contribution in [-0.2, 0) is 9.53 Å². The van der Waals surface area contributed by atoms with Gasteiger partial charge in [-0.2, -0.15) is 0 Å². The van der Waals surface area contributed by atoms with E-state index in [1.807, 2.05) is 6.92 Å². The zero-order chi connectivity index (χ0) is 11.3. The van der Waals surface area contributed by atoms with Crippen molar-refractivity contribution in [3.8, 4) is 0 Å². The molecule has 0 aromatic carbocycles. The molecule has 3 atom stereocenters.